The number of nitrogens with one attached hydrogen (secondary N) is 1. The molecule has 0 saturated heterocycles. The summed E-state index contributed by atoms with van der Waals surface area (Å²) in [5, 5.41) is 2.82. The lowest BCUT2D eigenvalue weighted by molar-refractivity contribution is -0.118. The van der Waals surface area contributed by atoms with Crippen molar-refractivity contribution in [1.82, 2.24) is 0 Å². The monoisotopic (exact) mass is 425 g/mol. The average molecular weight is 427 g/mol. The molecule has 0 bridgehead atoms. The molecule has 0 saturated carbocycles. The van der Waals surface area contributed by atoms with E-state index in [9.17, 15) is 4.79 Å². The molecule has 1 N–H and O–H groups in total. The molecule has 1 amide bonds. The summed E-state index contributed by atoms with van der Waals surface area (Å²) < 4.78 is 7.52. The maximum Gasteiger partial charge on any atom is 0.262 e. The Morgan fingerprint density at radius 1 is 1.18 bits per heavy atom. The van der Waals surface area contributed by atoms with E-state index in [1.165, 1.54) is 0 Å². The summed E-state index contributed by atoms with van der Waals surface area (Å²) in [5.74, 6) is 0.865. The Labute approximate surface area is 147 Å². The zero-order chi connectivity index (χ0) is 16.1. The molecule has 2 aromatic rings. The van der Waals surface area contributed by atoms with Gasteiger partial charge in [-0.1, -0.05) is 41.9 Å². The first-order valence-electron chi connectivity index (χ1n) is 6.94. The molecule has 5 heteroatoms. The quantitative estimate of drug-likeness (QED) is 0.699. The Hall–Kier alpha value is -1.33. The Morgan fingerprint density at radius 3 is 2.59 bits per heavy atom. The molecule has 0 radical (unpaired) electrons. The summed E-state index contributed by atoms with van der Waals surface area (Å²) in [6.07, 6.45) is 0. The normalized spacial score (nSPS) is 10.6. The van der Waals surface area contributed by atoms with Crippen LogP contribution >= 0.6 is 31.9 Å². The molecule has 0 unspecified atom stereocenters. The molecular weight excluding hydrogens is 410 g/mol. The van der Waals surface area contributed by atoms with Gasteiger partial charge in [-0.25, -0.2) is 0 Å². The highest BCUT2D eigenvalue weighted by molar-refractivity contribution is 9.10. The molecule has 0 aliphatic heterocycles. The Morgan fingerprint density at radius 2 is 1.91 bits per heavy atom. The van der Waals surface area contributed by atoms with E-state index in [4.69, 9.17) is 4.74 Å². The van der Waals surface area contributed by atoms with E-state index in [0.717, 1.165) is 25.9 Å². The van der Waals surface area contributed by atoms with Gasteiger partial charge in [-0.05, 0) is 57.7 Å². The highest BCUT2D eigenvalue weighted by atomic mass is 79.9. The SMILES string of the molecule is CC(C)c1cc(Br)ccc1OCC(=O)Nc1ccccc1Br. The van der Waals surface area contributed by atoms with Crippen LogP contribution in [0.25, 0.3) is 0 Å². The number of carbonyl (C=O) groups is 1. The van der Waals surface area contributed by atoms with Gasteiger partial charge >= 0.3 is 0 Å². The summed E-state index contributed by atoms with van der Waals surface area (Å²) in [5.41, 5.74) is 1.80. The molecule has 0 atom stereocenters. The number of carbonyl (C=O) groups excluding carboxylic acids is 1. The largest absolute Gasteiger partial charge is 0.483 e. The number of rotatable bonds is 5. The van der Waals surface area contributed by atoms with Gasteiger partial charge in [0.25, 0.3) is 5.91 Å². The van der Waals surface area contributed by atoms with Crippen molar-refractivity contribution in [2.24, 2.45) is 0 Å². The number of anilines is 1. The predicted octanol–water partition coefficient (Wildman–Crippen LogP) is 5.35. The van der Waals surface area contributed by atoms with Crippen molar-refractivity contribution in [2.75, 3.05) is 11.9 Å². The van der Waals surface area contributed by atoms with Crippen LogP contribution in [0.4, 0.5) is 5.69 Å². The second-order valence-corrected chi connectivity index (χ2v) is 6.92. The first kappa shape index (κ1) is 17.0. The molecule has 0 fully saturated rings. The van der Waals surface area contributed by atoms with E-state index < -0.39 is 0 Å². The van der Waals surface area contributed by atoms with Crippen molar-refractivity contribution in [2.45, 2.75) is 19.8 Å². The van der Waals surface area contributed by atoms with Crippen LogP contribution in [0.3, 0.4) is 0 Å². The van der Waals surface area contributed by atoms with Gasteiger partial charge in [-0.3, -0.25) is 4.79 Å². The van der Waals surface area contributed by atoms with Crippen LogP contribution in [0.2, 0.25) is 0 Å². The number of halogens is 2. The Balaban J connectivity index is 2.01. The fourth-order valence-corrected chi connectivity index (χ4v) is 2.76. The van der Waals surface area contributed by atoms with Gasteiger partial charge in [0, 0.05) is 8.95 Å². The second-order valence-electron chi connectivity index (χ2n) is 5.15. The van der Waals surface area contributed by atoms with E-state index in [1.807, 2.05) is 42.5 Å². The molecular formula is C17H17Br2NO2. The van der Waals surface area contributed by atoms with Gasteiger partial charge in [0.2, 0.25) is 0 Å². The number of ether oxygens (including phenoxy) is 1. The topological polar surface area (TPSA) is 38.3 Å². The summed E-state index contributed by atoms with van der Waals surface area (Å²) in [4.78, 5) is 12.0. The fraction of sp³-hybridized carbons (Fsp3) is 0.235. The van der Waals surface area contributed by atoms with Crippen molar-refractivity contribution < 1.29 is 9.53 Å². The van der Waals surface area contributed by atoms with Crippen LogP contribution in [-0.4, -0.2) is 12.5 Å². The minimum Gasteiger partial charge on any atom is -0.483 e. The number of benzene rings is 2. The van der Waals surface area contributed by atoms with E-state index in [2.05, 4.69) is 51.0 Å². The standard InChI is InChI=1S/C17H17Br2NO2/c1-11(2)13-9-12(18)7-8-16(13)22-10-17(21)20-15-6-4-3-5-14(15)19/h3-9,11H,10H2,1-2H3,(H,20,21). The van der Waals surface area contributed by atoms with Crippen molar-refractivity contribution in [3.63, 3.8) is 0 Å². The number of hydrogen-bond acceptors (Lipinski definition) is 2. The molecule has 0 heterocycles. The lowest BCUT2D eigenvalue weighted by Gasteiger charge is -2.14. The summed E-state index contributed by atoms with van der Waals surface area (Å²) >= 11 is 6.86. The molecule has 0 aliphatic carbocycles. The van der Waals surface area contributed by atoms with Crippen molar-refractivity contribution >= 4 is 43.5 Å². The molecule has 2 aromatic carbocycles. The van der Waals surface area contributed by atoms with E-state index in [1.54, 1.807) is 0 Å². The fourth-order valence-electron chi connectivity index (χ4n) is 1.99. The average Bonchev–Trinajstić information content (AvgIpc) is 2.48. The summed E-state index contributed by atoms with van der Waals surface area (Å²) in [6.45, 7) is 4.16. The molecule has 116 valence electrons. The van der Waals surface area contributed by atoms with Gasteiger partial charge in [0.15, 0.2) is 6.61 Å². The van der Waals surface area contributed by atoms with Crippen LogP contribution in [0.15, 0.2) is 51.4 Å². The third-order valence-corrected chi connectivity index (χ3v) is 4.29. The summed E-state index contributed by atoms with van der Waals surface area (Å²) in [7, 11) is 0. The highest BCUT2D eigenvalue weighted by Crippen LogP contribution is 2.29. The minimum absolute atomic E-state index is 0.0251. The van der Waals surface area contributed by atoms with Gasteiger partial charge in [0.1, 0.15) is 5.75 Å². The molecule has 2 rings (SSSR count). The summed E-state index contributed by atoms with van der Waals surface area (Å²) in [6, 6.07) is 13.3. The van der Waals surface area contributed by atoms with Gasteiger partial charge < -0.3 is 10.1 Å². The Bertz CT molecular complexity index is 671. The number of para-hydroxylation sites is 1. The van der Waals surface area contributed by atoms with Crippen molar-refractivity contribution in [1.29, 1.82) is 0 Å². The lowest BCUT2D eigenvalue weighted by atomic mass is 10.0. The van der Waals surface area contributed by atoms with E-state index in [-0.39, 0.29) is 12.5 Å². The number of amides is 1. The van der Waals surface area contributed by atoms with Crippen LogP contribution in [0, 0.1) is 0 Å². The smallest absolute Gasteiger partial charge is 0.262 e. The first-order valence-corrected chi connectivity index (χ1v) is 8.52. The Kier molecular flexibility index (Phi) is 6.03. The molecule has 3 nitrogen and oxygen atoms in total. The van der Waals surface area contributed by atoms with Crippen LogP contribution in [0.5, 0.6) is 5.75 Å². The molecule has 0 spiro atoms. The highest BCUT2D eigenvalue weighted by Gasteiger charge is 2.11. The van der Waals surface area contributed by atoms with Crippen molar-refractivity contribution in [3.05, 3.63) is 57.0 Å². The molecule has 22 heavy (non-hydrogen) atoms. The molecule has 0 aromatic heterocycles. The first-order chi connectivity index (χ1) is 10.5. The molecule has 0 aliphatic rings. The van der Waals surface area contributed by atoms with Gasteiger partial charge in [-0.2, -0.15) is 0 Å². The number of hydrogen-bond donors (Lipinski definition) is 1. The zero-order valence-electron chi connectivity index (χ0n) is 12.4. The van der Waals surface area contributed by atoms with E-state index in [0.29, 0.717) is 5.92 Å². The maximum atomic E-state index is 12.0. The van der Waals surface area contributed by atoms with Crippen molar-refractivity contribution in [3.8, 4) is 5.75 Å². The zero-order valence-corrected chi connectivity index (χ0v) is 15.6. The van der Waals surface area contributed by atoms with Crippen LogP contribution < -0.4 is 10.1 Å². The van der Waals surface area contributed by atoms with E-state index >= 15 is 0 Å². The van der Waals surface area contributed by atoms with Crippen LogP contribution in [0.1, 0.15) is 25.3 Å². The van der Waals surface area contributed by atoms with Gasteiger partial charge in [0.05, 0.1) is 5.69 Å². The van der Waals surface area contributed by atoms with Gasteiger partial charge in [-0.15, -0.1) is 0 Å². The minimum atomic E-state index is -0.190. The predicted molar refractivity (Wildman–Crippen MR) is 96.5 cm³/mol. The lowest BCUT2D eigenvalue weighted by Crippen LogP contribution is -2.20. The second kappa shape index (κ2) is 7.79. The van der Waals surface area contributed by atoms with Crippen LogP contribution in [-0.2, 0) is 4.79 Å². The maximum absolute atomic E-state index is 12.0. The third kappa shape index (κ3) is 4.58. The third-order valence-electron chi connectivity index (χ3n) is 3.10.